The first-order valence-electron chi connectivity index (χ1n) is 6.06. The molecule has 23 heavy (non-hydrogen) atoms. The number of aryl methyl sites for hydroxylation is 1. The van der Waals surface area contributed by atoms with E-state index in [1.54, 1.807) is 0 Å². The van der Waals surface area contributed by atoms with Gasteiger partial charge >= 0.3 is 26.7 Å². The SMILES string of the molecule is Cc1ccc2c(c1)-c1ccc(Cl)cc1[I+]2.O=S(=O)([O-])C(F)(F)F. The lowest BCUT2D eigenvalue weighted by Gasteiger charge is -2.08. The lowest BCUT2D eigenvalue weighted by atomic mass is 10.0. The van der Waals surface area contributed by atoms with Crippen molar-refractivity contribution in [2.75, 3.05) is 0 Å². The minimum atomic E-state index is -6.09. The smallest absolute Gasteiger partial charge is 0.485 e. The highest BCUT2D eigenvalue weighted by Crippen LogP contribution is 2.25. The molecule has 3 rings (SSSR count). The molecule has 0 bridgehead atoms. The summed E-state index contributed by atoms with van der Waals surface area (Å²) >= 11 is 6.00. The van der Waals surface area contributed by atoms with Crippen LogP contribution in [0.25, 0.3) is 11.1 Å². The van der Waals surface area contributed by atoms with Gasteiger partial charge < -0.3 is 4.55 Å². The summed E-state index contributed by atoms with van der Waals surface area (Å²) < 4.78 is 61.9. The minimum Gasteiger partial charge on any atom is -0.741 e. The van der Waals surface area contributed by atoms with Crippen molar-refractivity contribution >= 4 is 21.7 Å². The number of hydrogen-bond donors (Lipinski definition) is 0. The van der Waals surface area contributed by atoms with Gasteiger partial charge in [-0.25, -0.2) is 8.42 Å². The molecule has 0 aliphatic carbocycles. The summed E-state index contributed by atoms with van der Waals surface area (Å²) in [7, 11) is -6.09. The first-order valence-corrected chi connectivity index (χ1v) is 10.0. The fourth-order valence-electron chi connectivity index (χ4n) is 1.82. The van der Waals surface area contributed by atoms with Crippen molar-refractivity contribution in [3.63, 3.8) is 0 Å². The Morgan fingerprint density at radius 1 is 1.04 bits per heavy atom. The third-order valence-corrected chi connectivity index (χ3v) is 6.63. The van der Waals surface area contributed by atoms with Gasteiger partial charge in [-0.1, -0.05) is 23.2 Å². The van der Waals surface area contributed by atoms with Gasteiger partial charge in [0.1, 0.15) is 0 Å². The second-order valence-corrected chi connectivity index (χ2v) is 9.27. The van der Waals surface area contributed by atoms with Gasteiger partial charge in [0.2, 0.25) is 7.14 Å². The van der Waals surface area contributed by atoms with E-state index >= 15 is 0 Å². The molecule has 9 heteroatoms. The number of alkyl halides is 3. The Hall–Kier alpha value is -0.840. The summed E-state index contributed by atoms with van der Waals surface area (Å²) in [6.45, 7) is 2.15. The molecule has 0 unspecified atom stereocenters. The molecule has 1 aliphatic rings. The topological polar surface area (TPSA) is 57.2 Å². The van der Waals surface area contributed by atoms with Crippen LogP contribution in [0.5, 0.6) is 0 Å². The number of halogens is 5. The monoisotopic (exact) mass is 476 g/mol. The molecule has 124 valence electrons. The summed E-state index contributed by atoms with van der Waals surface area (Å²) in [6.07, 6.45) is 0. The van der Waals surface area contributed by atoms with E-state index in [1.165, 1.54) is 23.8 Å². The Balaban J connectivity index is 0.000000207. The van der Waals surface area contributed by atoms with Crippen LogP contribution >= 0.6 is 11.6 Å². The Morgan fingerprint density at radius 2 is 1.65 bits per heavy atom. The minimum absolute atomic E-state index is 0.0112. The molecule has 3 nitrogen and oxygen atoms in total. The lowest BCUT2D eigenvalue weighted by molar-refractivity contribution is -0.589. The molecule has 0 radical (unpaired) electrons. The Labute approximate surface area is 146 Å². The zero-order valence-corrected chi connectivity index (χ0v) is 15.2. The number of hydrogen-bond acceptors (Lipinski definition) is 3. The van der Waals surface area contributed by atoms with Gasteiger partial charge in [0.05, 0.1) is 0 Å². The van der Waals surface area contributed by atoms with Crippen molar-refractivity contribution in [3.8, 4) is 11.1 Å². The molecular formula is C14H9ClF3IO3S. The van der Waals surface area contributed by atoms with Crippen LogP contribution in [0.3, 0.4) is 0 Å². The van der Waals surface area contributed by atoms with E-state index in [9.17, 15) is 13.2 Å². The molecule has 2 aromatic rings. The highest BCUT2D eigenvalue weighted by molar-refractivity contribution is 7.86. The zero-order valence-electron chi connectivity index (χ0n) is 11.5. The van der Waals surface area contributed by atoms with E-state index in [-0.39, 0.29) is 21.2 Å². The average molecular weight is 477 g/mol. The summed E-state index contributed by atoms with van der Waals surface area (Å²) in [5.74, 6) is 0. The summed E-state index contributed by atoms with van der Waals surface area (Å²) in [4.78, 5) is 0. The highest BCUT2D eigenvalue weighted by atomic mass is 127. The maximum Gasteiger partial charge on any atom is 0.485 e. The van der Waals surface area contributed by atoms with Crippen LogP contribution in [0, 0.1) is 14.1 Å². The van der Waals surface area contributed by atoms with Gasteiger partial charge in [-0.2, -0.15) is 13.2 Å². The fraction of sp³-hybridized carbons (Fsp3) is 0.143. The standard InChI is InChI=1S/C13H9ClI.CHF3O3S/c1-8-2-5-12-11(6-8)10-4-3-9(14)7-13(10)15-12;2-1(3,4)8(5,6)7/h2-7H,1H3;(H,5,6,7)/q+1;/p-1. The third kappa shape index (κ3) is 4.37. The second-order valence-electron chi connectivity index (χ2n) is 4.60. The van der Waals surface area contributed by atoms with Gasteiger partial charge in [-0.05, 0) is 31.2 Å². The van der Waals surface area contributed by atoms with Crippen molar-refractivity contribution < 1.29 is 47.3 Å². The summed E-state index contributed by atoms with van der Waals surface area (Å²) in [5, 5.41) is 0.859. The van der Waals surface area contributed by atoms with Gasteiger partial charge in [0.15, 0.2) is 10.1 Å². The van der Waals surface area contributed by atoms with E-state index in [1.807, 2.05) is 6.07 Å². The lowest BCUT2D eigenvalue weighted by Crippen LogP contribution is -3.61. The first kappa shape index (κ1) is 18.5. The number of rotatable bonds is 0. The van der Waals surface area contributed by atoms with Gasteiger partial charge in [-0.15, -0.1) is 0 Å². The van der Waals surface area contributed by atoms with Crippen LogP contribution in [0.15, 0.2) is 36.4 Å². The quantitative estimate of drug-likeness (QED) is 0.274. The zero-order chi connectivity index (χ0) is 17.4. The van der Waals surface area contributed by atoms with Crippen molar-refractivity contribution in [1.82, 2.24) is 0 Å². The van der Waals surface area contributed by atoms with Gasteiger partial charge in [-0.3, -0.25) is 0 Å². The van der Waals surface area contributed by atoms with Crippen molar-refractivity contribution in [2.45, 2.75) is 12.4 Å². The average Bonchev–Trinajstić information content (AvgIpc) is 2.73. The molecule has 2 aromatic carbocycles. The molecule has 1 aliphatic heterocycles. The first-order chi connectivity index (χ1) is 10.5. The molecule has 0 amide bonds. The normalized spacial score (nSPS) is 13.0. The third-order valence-electron chi connectivity index (χ3n) is 2.83. The Morgan fingerprint density at radius 3 is 2.22 bits per heavy atom. The predicted octanol–water partition coefficient (Wildman–Crippen LogP) is 0.809. The molecule has 0 saturated heterocycles. The van der Waals surface area contributed by atoms with E-state index < -0.39 is 15.6 Å². The van der Waals surface area contributed by atoms with Crippen molar-refractivity contribution in [3.05, 3.63) is 54.1 Å². The predicted molar refractivity (Wildman–Crippen MR) is 74.8 cm³/mol. The maximum absolute atomic E-state index is 10.7. The van der Waals surface area contributed by atoms with Crippen LogP contribution in [0.1, 0.15) is 5.56 Å². The fourth-order valence-corrected chi connectivity index (χ4v) is 5.15. The molecule has 0 saturated carbocycles. The number of benzene rings is 2. The van der Waals surface area contributed by atoms with E-state index in [2.05, 4.69) is 37.3 Å². The Kier molecular flexibility index (Phi) is 5.29. The summed E-state index contributed by atoms with van der Waals surface area (Å²) in [5.41, 5.74) is -1.49. The van der Waals surface area contributed by atoms with Gasteiger partial charge in [0, 0.05) is 22.2 Å². The van der Waals surface area contributed by atoms with E-state index in [0.717, 1.165) is 5.02 Å². The molecule has 0 aromatic heterocycles. The molecule has 1 heterocycles. The maximum atomic E-state index is 10.7. The molecule has 0 fully saturated rings. The van der Waals surface area contributed by atoms with Crippen LogP contribution in [-0.4, -0.2) is 18.5 Å². The van der Waals surface area contributed by atoms with Crippen LogP contribution in [0.2, 0.25) is 5.02 Å². The van der Waals surface area contributed by atoms with Crippen molar-refractivity contribution in [1.29, 1.82) is 0 Å². The summed E-state index contributed by atoms with van der Waals surface area (Å²) in [6, 6.07) is 13.0. The van der Waals surface area contributed by atoms with Crippen LogP contribution in [-0.2, 0) is 10.1 Å². The molecule has 0 spiro atoms. The van der Waals surface area contributed by atoms with E-state index in [0.29, 0.717) is 0 Å². The Bertz CT molecular complexity index is 851. The molecular weight excluding hydrogens is 468 g/mol. The number of fused-ring (bicyclic) bond motifs is 3. The molecule has 0 N–H and O–H groups in total. The van der Waals surface area contributed by atoms with Crippen LogP contribution < -0.4 is 21.2 Å². The van der Waals surface area contributed by atoms with Gasteiger partial charge in [0.25, 0.3) is 0 Å². The molecule has 0 atom stereocenters. The largest absolute Gasteiger partial charge is 0.741 e. The van der Waals surface area contributed by atoms with Crippen LogP contribution in [0.4, 0.5) is 13.2 Å². The van der Waals surface area contributed by atoms with E-state index in [4.69, 9.17) is 24.6 Å². The second kappa shape index (κ2) is 6.58. The highest BCUT2D eigenvalue weighted by Gasteiger charge is 2.37. The van der Waals surface area contributed by atoms with Crippen molar-refractivity contribution in [2.24, 2.45) is 0 Å².